The van der Waals surface area contributed by atoms with Gasteiger partial charge < -0.3 is 0 Å². The molecule has 0 saturated carbocycles. The molecule has 62 valence electrons. The van der Waals surface area contributed by atoms with E-state index in [1.807, 2.05) is 20.1 Å². The second-order valence-electron chi connectivity index (χ2n) is 3.02. The summed E-state index contributed by atoms with van der Waals surface area (Å²) in [5, 5.41) is 5.62. The molecule has 11 heavy (non-hydrogen) atoms. The van der Waals surface area contributed by atoms with E-state index in [0.717, 1.165) is 12.8 Å². The minimum absolute atomic E-state index is 0.147. The molecule has 3 nitrogen and oxygen atoms in total. The van der Waals surface area contributed by atoms with Crippen LogP contribution < -0.4 is 0 Å². The Balaban J connectivity index is 2.65. The molecule has 0 saturated heterocycles. The van der Waals surface area contributed by atoms with E-state index in [9.17, 15) is 4.79 Å². The van der Waals surface area contributed by atoms with Crippen LogP contribution in [0.4, 0.5) is 0 Å². The first-order chi connectivity index (χ1) is 5.22. The molecule has 0 radical (unpaired) electrons. The minimum Gasteiger partial charge on any atom is -0.273 e. The molecule has 0 unspecified atom stereocenters. The van der Waals surface area contributed by atoms with Crippen LogP contribution in [0.15, 0.2) is 5.10 Å². The fraction of sp³-hybridized carbons (Fsp3) is 0.750. The number of hydrogen-bond acceptors (Lipinski definition) is 2. The molecule has 1 rings (SSSR count). The van der Waals surface area contributed by atoms with Gasteiger partial charge in [0.1, 0.15) is 0 Å². The van der Waals surface area contributed by atoms with Crippen molar-refractivity contribution < 1.29 is 4.79 Å². The third-order valence-corrected chi connectivity index (χ3v) is 1.67. The molecule has 0 aromatic rings. The summed E-state index contributed by atoms with van der Waals surface area (Å²) >= 11 is 0. The van der Waals surface area contributed by atoms with Crippen LogP contribution in [0.2, 0.25) is 0 Å². The number of carbonyl (C=O) groups excluding carboxylic acids is 1. The molecule has 1 heterocycles. The third-order valence-electron chi connectivity index (χ3n) is 1.67. The summed E-state index contributed by atoms with van der Waals surface area (Å²) in [5.74, 6) is 0.147. The van der Waals surface area contributed by atoms with E-state index in [-0.39, 0.29) is 11.9 Å². The highest BCUT2D eigenvalue weighted by atomic mass is 16.2. The van der Waals surface area contributed by atoms with Crippen molar-refractivity contribution in [2.24, 2.45) is 5.10 Å². The van der Waals surface area contributed by atoms with Gasteiger partial charge in [0, 0.05) is 18.7 Å². The van der Waals surface area contributed by atoms with E-state index in [1.54, 1.807) is 5.01 Å². The Kier molecular flexibility index (Phi) is 2.63. The average molecular weight is 154 g/mol. The molecule has 0 fully saturated rings. The van der Waals surface area contributed by atoms with Gasteiger partial charge >= 0.3 is 0 Å². The fourth-order valence-electron chi connectivity index (χ4n) is 1.09. The van der Waals surface area contributed by atoms with Crippen molar-refractivity contribution in [3.8, 4) is 0 Å². The van der Waals surface area contributed by atoms with E-state index in [0.29, 0.717) is 6.42 Å². The smallest absolute Gasteiger partial charge is 0.242 e. The van der Waals surface area contributed by atoms with E-state index in [4.69, 9.17) is 0 Å². The standard InChI is InChI=1S/C8H14N2O/c1-7(2)10-8(11)5-3-4-6-9-10/h6-7H,3-5H2,1-2H3. The Hall–Kier alpha value is -0.860. The Bertz CT molecular complexity index is 175. The molecule has 3 heteroatoms. The van der Waals surface area contributed by atoms with Gasteiger partial charge in [0.2, 0.25) is 5.91 Å². The molecule has 0 bridgehead atoms. The molecule has 1 aliphatic rings. The first-order valence-electron chi connectivity index (χ1n) is 4.06. The number of hydrogen-bond donors (Lipinski definition) is 0. The number of amides is 1. The lowest BCUT2D eigenvalue weighted by molar-refractivity contribution is -0.132. The molecule has 0 aliphatic carbocycles. The van der Waals surface area contributed by atoms with Crippen LogP contribution in [0.25, 0.3) is 0 Å². The van der Waals surface area contributed by atoms with E-state index >= 15 is 0 Å². The molecule has 0 atom stereocenters. The van der Waals surface area contributed by atoms with E-state index in [2.05, 4.69) is 5.10 Å². The summed E-state index contributed by atoms with van der Waals surface area (Å²) in [6, 6.07) is 0.192. The number of carbonyl (C=O) groups is 1. The van der Waals surface area contributed by atoms with Gasteiger partial charge in [-0.2, -0.15) is 5.10 Å². The summed E-state index contributed by atoms with van der Waals surface area (Å²) < 4.78 is 0. The second kappa shape index (κ2) is 3.51. The zero-order valence-corrected chi connectivity index (χ0v) is 7.08. The predicted octanol–water partition coefficient (Wildman–Crippen LogP) is 1.39. The molecule has 0 N–H and O–H groups in total. The van der Waals surface area contributed by atoms with E-state index in [1.165, 1.54) is 0 Å². The van der Waals surface area contributed by atoms with Gasteiger partial charge in [-0.15, -0.1) is 0 Å². The van der Waals surface area contributed by atoms with Crippen molar-refractivity contribution in [1.82, 2.24) is 5.01 Å². The van der Waals surface area contributed by atoms with Crippen molar-refractivity contribution in [2.45, 2.75) is 39.2 Å². The van der Waals surface area contributed by atoms with Crippen LogP contribution in [0.3, 0.4) is 0 Å². The molecule has 0 spiro atoms. The van der Waals surface area contributed by atoms with Crippen molar-refractivity contribution in [1.29, 1.82) is 0 Å². The quantitative estimate of drug-likeness (QED) is 0.561. The summed E-state index contributed by atoms with van der Waals surface area (Å²) in [4.78, 5) is 11.3. The number of hydrazone groups is 1. The Labute approximate surface area is 67.1 Å². The summed E-state index contributed by atoms with van der Waals surface area (Å²) in [6.45, 7) is 3.95. The maximum Gasteiger partial charge on any atom is 0.242 e. The minimum atomic E-state index is 0.147. The van der Waals surface area contributed by atoms with Crippen molar-refractivity contribution >= 4 is 12.1 Å². The first kappa shape index (κ1) is 8.24. The average Bonchev–Trinajstić information content (AvgIpc) is 2.13. The lowest BCUT2D eigenvalue weighted by Crippen LogP contribution is -2.31. The normalized spacial score (nSPS) is 19.2. The molecular weight excluding hydrogens is 140 g/mol. The van der Waals surface area contributed by atoms with Crippen LogP contribution in [-0.4, -0.2) is 23.2 Å². The van der Waals surface area contributed by atoms with Gasteiger partial charge in [-0.3, -0.25) is 4.79 Å². The van der Waals surface area contributed by atoms with Gasteiger partial charge in [-0.05, 0) is 26.7 Å². The first-order valence-corrected chi connectivity index (χ1v) is 4.06. The predicted molar refractivity (Wildman–Crippen MR) is 44.3 cm³/mol. The highest BCUT2D eigenvalue weighted by molar-refractivity contribution is 5.78. The number of rotatable bonds is 1. The topological polar surface area (TPSA) is 32.7 Å². The highest BCUT2D eigenvalue weighted by Gasteiger charge is 2.16. The van der Waals surface area contributed by atoms with Crippen molar-refractivity contribution in [3.63, 3.8) is 0 Å². The summed E-state index contributed by atoms with van der Waals surface area (Å²) in [5.41, 5.74) is 0. The molecular formula is C8H14N2O. The number of nitrogens with zero attached hydrogens (tertiary/aromatic N) is 2. The van der Waals surface area contributed by atoms with Gasteiger partial charge in [0.25, 0.3) is 0 Å². The van der Waals surface area contributed by atoms with Gasteiger partial charge in [-0.1, -0.05) is 0 Å². The van der Waals surface area contributed by atoms with Crippen LogP contribution in [-0.2, 0) is 4.79 Å². The monoisotopic (exact) mass is 154 g/mol. The highest BCUT2D eigenvalue weighted by Crippen LogP contribution is 2.08. The van der Waals surface area contributed by atoms with Gasteiger partial charge in [0.05, 0.1) is 0 Å². The maximum absolute atomic E-state index is 11.3. The van der Waals surface area contributed by atoms with Crippen LogP contribution in [0.5, 0.6) is 0 Å². The lowest BCUT2D eigenvalue weighted by Gasteiger charge is -2.19. The van der Waals surface area contributed by atoms with Crippen LogP contribution in [0.1, 0.15) is 33.1 Å². The van der Waals surface area contributed by atoms with Crippen LogP contribution >= 0.6 is 0 Å². The van der Waals surface area contributed by atoms with E-state index < -0.39 is 0 Å². The third kappa shape index (κ3) is 2.03. The van der Waals surface area contributed by atoms with Gasteiger partial charge in [0.15, 0.2) is 0 Å². The molecule has 0 aromatic heterocycles. The summed E-state index contributed by atoms with van der Waals surface area (Å²) in [6.07, 6.45) is 4.32. The SMILES string of the molecule is CC(C)N1N=CCCCC1=O. The maximum atomic E-state index is 11.3. The molecule has 1 aliphatic heterocycles. The largest absolute Gasteiger partial charge is 0.273 e. The Morgan fingerprint density at radius 1 is 1.64 bits per heavy atom. The zero-order valence-electron chi connectivity index (χ0n) is 7.08. The summed E-state index contributed by atoms with van der Waals surface area (Å²) in [7, 11) is 0. The zero-order chi connectivity index (χ0) is 8.27. The van der Waals surface area contributed by atoms with Crippen LogP contribution in [0, 0.1) is 0 Å². The van der Waals surface area contributed by atoms with Gasteiger partial charge in [-0.25, -0.2) is 5.01 Å². The fourth-order valence-corrected chi connectivity index (χ4v) is 1.09. The second-order valence-corrected chi connectivity index (χ2v) is 3.02. The van der Waals surface area contributed by atoms with Crippen molar-refractivity contribution in [3.05, 3.63) is 0 Å². The Morgan fingerprint density at radius 3 is 3.00 bits per heavy atom. The lowest BCUT2D eigenvalue weighted by atomic mass is 10.2. The molecule has 0 aromatic carbocycles. The molecule has 1 amide bonds. The Morgan fingerprint density at radius 2 is 2.36 bits per heavy atom. The van der Waals surface area contributed by atoms with Crippen molar-refractivity contribution in [2.75, 3.05) is 0 Å².